The SMILES string of the molecule is CC(C)OCC1CCN(C(=O)CCN2CCCC2=O)CC1. The van der Waals surface area contributed by atoms with Crippen molar-refractivity contribution >= 4 is 11.8 Å². The maximum atomic E-state index is 12.2. The summed E-state index contributed by atoms with van der Waals surface area (Å²) >= 11 is 0. The molecule has 5 nitrogen and oxygen atoms in total. The molecular formula is C16H28N2O3. The van der Waals surface area contributed by atoms with Crippen LogP contribution in [0.25, 0.3) is 0 Å². The van der Waals surface area contributed by atoms with E-state index in [9.17, 15) is 9.59 Å². The largest absolute Gasteiger partial charge is 0.379 e. The highest BCUT2D eigenvalue weighted by Gasteiger charge is 2.25. The smallest absolute Gasteiger partial charge is 0.224 e. The van der Waals surface area contributed by atoms with Crippen LogP contribution >= 0.6 is 0 Å². The van der Waals surface area contributed by atoms with Crippen molar-refractivity contribution in [3.63, 3.8) is 0 Å². The van der Waals surface area contributed by atoms with Crippen LogP contribution in [0, 0.1) is 5.92 Å². The second kappa shape index (κ2) is 7.78. The summed E-state index contributed by atoms with van der Waals surface area (Å²) in [6.07, 6.45) is 4.40. The van der Waals surface area contributed by atoms with E-state index in [0.29, 0.717) is 25.3 Å². The van der Waals surface area contributed by atoms with Gasteiger partial charge in [0, 0.05) is 45.6 Å². The van der Waals surface area contributed by atoms with Crippen LogP contribution in [0.2, 0.25) is 0 Å². The Labute approximate surface area is 127 Å². The number of carbonyl (C=O) groups excluding carboxylic acids is 2. The van der Waals surface area contributed by atoms with E-state index in [1.165, 1.54) is 0 Å². The highest BCUT2D eigenvalue weighted by molar-refractivity contribution is 5.80. The van der Waals surface area contributed by atoms with Crippen molar-refractivity contribution < 1.29 is 14.3 Å². The van der Waals surface area contributed by atoms with Gasteiger partial charge in [-0.1, -0.05) is 0 Å². The van der Waals surface area contributed by atoms with Crippen molar-refractivity contribution in [3.8, 4) is 0 Å². The number of hydrogen-bond donors (Lipinski definition) is 0. The summed E-state index contributed by atoms with van der Waals surface area (Å²) in [5.74, 6) is 0.974. The van der Waals surface area contributed by atoms with E-state index >= 15 is 0 Å². The molecule has 0 aliphatic carbocycles. The molecule has 0 aromatic heterocycles. The Morgan fingerprint density at radius 1 is 1.29 bits per heavy atom. The Morgan fingerprint density at radius 2 is 2.00 bits per heavy atom. The fourth-order valence-corrected chi connectivity index (χ4v) is 3.01. The molecule has 0 spiro atoms. The predicted octanol–water partition coefficient (Wildman–Crippen LogP) is 1.66. The topological polar surface area (TPSA) is 49.9 Å². The molecule has 21 heavy (non-hydrogen) atoms. The van der Waals surface area contributed by atoms with Crippen molar-refractivity contribution in [1.82, 2.24) is 9.80 Å². The van der Waals surface area contributed by atoms with Crippen LogP contribution in [-0.4, -0.2) is 60.5 Å². The lowest BCUT2D eigenvalue weighted by atomic mass is 9.97. The second-order valence-corrected chi connectivity index (χ2v) is 6.44. The average molecular weight is 296 g/mol. The van der Waals surface area contributed by atoms with Crippen LogP contribution in [0.3, 0.4) is 0 Å². The summed E-state index contributed by atoms with van der Waals surface area (Å²) in [5, 5.41) is 0. The Bertz CT molecular complexity index is 363. The second-order valence-electron chi connectivity index (χ2n) is 6.44. The normalized spacial score (nSPS) is 20.6. The van der Waals surface area contributed by atoms with E-state index < -0.39 is 0 Å². The van der Waals surface area contributed by atoms with E-state index in [1.807, 2.05) is 9.80 Å². The molecule has 0 aromatic rings. The fourth-order valence-electron chi connectivity index (χ4n) is 3.01. The van der Waals surface area contributed by atoms with E-state index in [1.54, 1.807) is 0 Å². The number of hydrogen-bond acceptors (Lipinski definition) is 3. The van der Waals surface area contributed by atoms with Crippen LogP contribution in [-0.2, 0) is 14.3 Å². The number of amides is 2. The lowest BCUT2D eigenvalue weighted by molar-refractivity contribution is -0.134. The first kappa shape index (κ1) is 16.3. The first-order valence-corrected chi connectivity index (χ1v) is 8.23. The van der Waals surface area contributed by atoms with Crippen molar-refractivity contribution in [2.45, 2.75) is 52.1 Å². The zero-order valence-corrected chi connectivity index (χ0v) is 13.3. The van der Waals surface area contributed by atoms with Gasteiger partial charge in [-0.15, -0.1) is 0 Å². The molecule has 0 saturated carbocycles. The van der Waals surface area contributed by atoms with Gasteiger partial charge in [-0.25, -0.2) is 0 Å². The molecule has 2 aliphatic rings. The summed E-state index contributed by atoms with van der Waals surface area (Å²) in [5.41, 5.74) is 0. The van der Waals surface area contributed by atoms with Crippen LogP contribution in [0.15, 0.2) is 0 Å². The average Bonchev–Trinajstić information content (AvgIpc) is 2.88. The van der Waals surface area contributed by atoms with E-state index in [0.717, 1.165) is 45.5 Å². The summed E-state index contributed by atoms with van der Waals surface area (Å²) in [6.45, 7) is 7.99. The van der Waals surface area contributed by atoms with Gasteiger partial charge in [0.2, 0.25) is 11.8 Å². The number of nitrogens with zero attached hydrogens (tertiary/aromatic N) is 2. The van der Waals surface area contributed by atoms with Crippen molar-refractivity contribution in [2.75, 3.05) is 32.8 Å². The molecule has 2 heterocycles. The molecule has 0 atom stereocenters. The maximum absolute atomic E-state index is 12.2. The molecule has 0 unspecified atom stereocenters. The van der Waals surface area contributed by atoms with Gasteiger partial charge in [-0.2, -0.15) is 0 Å². The van der Waals surface area contributed by atoms with Gasteiger partial charge < -0.3 is 14.5 Å². The first-order valence-electron chi connectivity index (χ1n) is 8.23. The van der Waals surface area contributed by atoms with Gasteiger partial charge in [0.05, 0.1) is 6.10 Å². The Balaban J connectivity index is 1.64. The van der Waals surface area contributed by atoms with Gasteiger partial charge in [0.25, 0.3) is 0 Å². The first-order chi connectivity index (χ1) is 10.1. The molecule has 2 fully saturated rings. The van der Waals surface area contributed by atoms with Crippen molar-refractivity contribution in [2.24, 2.45) is 5.92 Å². The number of likely N-dealkylation sites (tertiary alicyclic amines) is 2. The number of ether oxygens (including phenoxy) is 1. The van der Waals surface area contributed by atoms with Gasteiger partial charge >= 0.3 is 0 Å². The zero-order chi connectivity index (χ0) is 15.2. The number of rotatable bonds is 6. The van der Waals surface area contributed by atoms with Gasteiger partial charge in [-0.3, -0.25) is 9.59 Å². The Morgan fingerprint density at radius 3 is 2.57 bits per heavy atom. The number of carbonyl (C=O) groups is 2. The lowest BCUT2D eigenvalue weighted by Crippen LogP contribution is -2.41. The van der Waals surface area contributed by atoms with Crippen molar-refractivity contribution in [1.29, 1.82) is 0 Å². The third-order valence-corrected chi connectivity index (χ3v) is 4.40. The molecule has 0 aromatic carbocycles. The minimum absolute atomic E-state index is 0.193. The van der Waals surface area contributed by atoms with E-state index in [-0.39, 0.29) is 17.9 Å². The van der Waals surface area contributed by atoms with Crippen LogP contribution in [0.5, 0.6) is 0 Å². The monoisotopic (exact) mass is 296 g/mol. The molecule has 2 aliphatic heterocycles. The Kier molecular flexibility index (Phi) is 6.03. The standard InChI is InChI=1S/C16H28N2O3/c1-13(2)21-12-14-5-9-18(10-6-14)16(20)7-11-17-8-3-4-15(17)19/h13-14H,3-12H2,1-2H3. The molecule has 0 bridgehead atoms. The minimum atomic E-state index is 0.193. The molecule has 2 amide bonds. The summed E-state index contributed by atoms with van der Waals surface area (Å²) in [6, 6.07) is 0. The van der Waals surface area contributed by atoms with Gasteiger partial charge in [-0.05, 0) is 39.0 Å². The van der Waals surface area contributed by atoms with Gasteiger partial charge in [0.15, 0.2) is 0 Å². The third-order valence-electron chi connectivity index (χ3n) is 4.40. The third kappa shape index (κ3) is 4.99. The van der Waals surface area contributed by atoms with Crippen molar-refractivity contribution in [3.05, 3.63) is 0 Å². The maximum Gasteiger partial charge on any atom is 0.224 e. The van der Waals surface area contributed by atoms with Gasteiger partial charge in [0.1, 0.15) is 0 Å². The molecule has 0 radical (unpaired) electrons. The highest BCUT2D eigenvalue weighted by atomic mass is 16.5. The zero-order valence-electron chi connectivity index (χ0n) is 13.3. The van der Waals surface area contributed by atoms with E-state index in [2.05, 4.69) is 13.8 Å². The molecule has 2 saturated heterocycles. The molecule has 120 valence electrons. The van der Waals surface area contributed by atoms with Crippen LogP contribution < -0.4 is 0 Å². The molecular weight excluding hydrogens is 268 g/mol. The van der Waals surface area contributed by atoms with Crippen LogP contribution in [0.1, 0.15) is 46.0 Å². The summed E-state index contributed by atoms with van der Waals surface area (Å²) < 4.78 is 5.66. The highest BCUT2D eigenvalue weighted by Crippen LogP contribution is 2.19. The summed E-state index contributed by atoms with van der Waals surface area (Å²) in [4.78, 5) is 27.5. The fraction of sp³-hybridized carbons (Fsp3) is 0.875. The molecule has 2 rings (SSSR count). The van der Waals surface area contributed by atoms with Crippen LogP contribution in [0.4, 0.5) is 0 Å². The van der Waals surface area contributed by atoms with E-state index in [4.69, 9.17) is 4.74 Å². The molecule has 5 heteroatoms. The number of piperidine rings is 1. The summed E-state index contributed by atoms with van der Waals surface area (Å²) in [7, 11) is 0. The molecule has 0 N–H and O–H groups in total. The lowest BCUT2D eigenvalue weighted by Gasteiger charge is -2.32. The quantitative estimate of drug-likeness (QED) is 0.749. The predicted molar refractivity (Wildman–Crippen MR) is 80.8 cm³/mol. The minimum Gasteiger partial charge on any atom is -0.379 e. The Hall–Kier alpha value is -1.10.